The van der Waals surface area contributed by atoms with E-state index in [9.17, 15) is 9.18 Å². The summed E-state index contributed by atoms with van der Waals surface area (Å²) in [7, 11) is 1.69. The number of alkyl carbamates (subject to hydrolysis) is 1. The molecule has 0 aliphatic carbocycles. The standard InChI is InChI=1S/C19H31FN4O3/c1-19(2,3)27-18(25)24-13-12-23-17(21-4)22-11-5-6-14-26-16-9-7-15(20)8-10-16/h7-10H,5-6,11-14H2,1-4H3,(H,24,25)(H2,21,22,23). The molecule has 0 aliphatic rings. The van der Waals surface area contributed by atoms with Crippen molar-refractivity contribution in [1.29, 1.82) is 0 Å². The number of aliphatic imine (C=N–C) groups is 1. The van der Waals surface area contributed by atoms with E-state index in [1.807, 2.05) is 20.8 Å². The van der Waals surface area contributed by atoms with Crippen molar-refractivity contribution in [2.45, 2.75) is 39.2 Å². The van der Waals surface area contributed by atoms with Crippen molar-refractivity contribution in [2.75, 3.05) is 33.3 Å². The zero-order valence-corrected chi connectivity index (χ0v) is 16.6. The Morgan fingerprint density at radius 2 is 1.67 bits per heavy atom. The van der Waals surface area contributed by atoms with Crippen LogP contribution in [-0.4, -0.2) is 50.9 Å². The van der Waals surface area contributed by atoms with E-state index in [1.54, 1.807) is 19.2 Å². The molecule has 0 atom stereocenters. The fourth-order valence-electron chi connectivity index (χ4n) is 2.03. The molecule has 1 aromatic rings. The number of amides is 1. The quantitative estimate of drug-likeness (QED) is 0.347. The highest BCUT2D eigenvalue weighted by Gasteiger charge is 2.15. The van der Waals surface area contributed by atoms with Crippen molar-refractivity contribution in [2.24, 2.45) is 4.99 Å². The molecule has 1 amide bonds. The lowest BCUT2D eigenvalue weighted by Gasteiger charge is -2.19. The lowest BCUT2D eigenvalue weighted by atomic mass is 10.2. The van der Waals surface area contributed by atoms with Gasteiger partial charge in [0.2, 0.25) is 0 Å². The van der Waals surface area contributed by atoms with Gasteiger partial charge in [0.25, 0.3) is 0 Å². The first-order valence-electron chi connectivity index (χ1n) is 9.10. The van der Waals surface area contributed by atoms with Gasteiger partial charge in [-0.2, -0.15) is 0 Å². The number of carbonyl (C=O) groups is 1. The molecule has 0 aromatic heterocycles. The summed E-state index contributed by atoms with van der Waals surface area (Å²) in [4.78, 5) is 15.6. The number of rotatable bonds is 9. The van der Waals surface area contributed by atoms with Gasteiger partial charge in [0.1, 0.15) is 17.2 Å². The first-order valence-corrected chi connectivity index (χ1v) is 9.10. The molecule has 0 saturated heterocycles. The molecule has 0 fully saturated rings. The van der Waals surface area contributed by atoms with E-state index in [0.717, 1.165) is 19.4 Å². The maximum atomic E-state index is 12.8. The van der Waals surface area contributed by atoms with E-state index in [4.69, 9.17) is 9.47 Å². The molecule has 1 aromatic carbocycles. The molecule has 0 aliphatic heterocycles. The van der Waals surface area contributed by atoms with Gasteiger partial charge in [-0.3, -0.25) is 4.99 Å². The Morgan fingerprint density at radius 1 is 1.04 bits per heavy atom. The average molecular weight is 382 g/mol. The third kappa shape index (κ3) is 11.7. The Labute approximate surface area is 160 Å². The molecule has 8 heteroatoms. The summed E-state index contributed by atoms with van der Waals surface area (Å²) in [6.45, 7) is 7.74. The van der Waals surface area contributed by atoms with Crippen molar-refractivity contribution < 1.29 is 18.7 Å². The molecule has 0 saturated carbocycles. The number of benzene rings is 1. The first-order chi connectivity index (χ1) is 12.8. The number of ether oxygens (including phenoxy) is 2. The minimum atomic E-state index is -0.504. The van der Waals surface area contributed by atoms with Crippen molar-refractivity contribution in [3.05, 3.63) is 30.1 Å². The Kier molecular flexibility index (Phi) is 10.00. The summed E-state index contributed by atoms with van der Waals surface area (Å²) in [6.07, 6.45) is 1.33. The van der Waals surface area contributed by atoms with Gasteiger partial charge in [-0.15, -0.1) is 0 Å². The summed E-state index contributed by atoms with van der Waals surface area (Å²) in [5.74, 6) is 1.06. The SMILES string of the molecule is CN=C(NCCCCOc1ccc(F)cc1)NCCNC(=O)OC(C)(C)C. The van der Waals surface area contributed by atoms with Crippen molar-refractivity contribution in [1.82, 2.24) is 16.0 Å². The molecule has 0 unspecified atom stereocenters. The van der Waals surface area contributed by atoms with E-state index < -0.39 is 11.7 Å². The van der Waals surface area contributed by atoms with Gasteiger partial charge in [-0.05, 0) is 57.9 Å². The Hall–Kier alpha value is -2.51. The van der Waals surface area contributed by atoms with Crippen LogP contribution in [-0.2, 0) is 4.74 Å². The fourth-order valence-corrected chi connectivity index (χ4v) is 2.03. The highest BCUT2D eigenvalue weighted by atomic mass is 19.1. The zero-order valence-electron chi connectivity index (χ0n) is 16.6. The van der Waals surface area contributed by atoms with Crippen molar-refractivity contribution >= 4 is 12.1 Å². The van der Waals surface area contributed by atoms with Gasteiger partial charge in [0, 0.05) is 26.7 Å². The van der Waals surface area contributed by atoms with Crippen LogP contribution in [0.2, 0.25) is 0 Å². The Balaban J connectivity index is 2.06. The molecule has 152 valence electrons. The summed E-state index contributed by atoms with van der Waals surface area (Å²) in [6, 6.07) is 5.99. The number of nitrogens with one attached hydrogen (secondary N) is 3. The van der Waals surface area contributed by atoms with E-state index in [1.165, 1.54) is 12.1 Å². The molecule has 1 rings (SSSR count). The van der Waals surface area contributed by atoms with E-state index in [2.05, 4.69) is 20.9 Å². The van der Waals surface area contributed by atoms with Crippen LogP contribution >= 0.6 is 0 Å². The maximum Gasteiger partial charge on any atom is 0.407 e. The molecule has 0 radical (unpaired) electrons. The minimum absolute atomic E-state index is 0.272. The number of nitrogens with zero attached hydrogens (tertiary/aromatic N) is 1. The minimum Gasteiger partial charge on any atom is -0.494 e. The molecule has 3 N–H and O–H groups in total. The van der Waals surface area contributed by atoms with E-state index in [0.29, 0.717) is 31.4 Å². The molecule has 0 spiro atoms. The van der Waals surface area contributed by atoms with Gasteiger partial charge in [0.15, 0.2) is 5.96 Å². The van der Waals surface area contributed by atoms with Gasteiger partial charge in [0.05, 0.1) is 6.61 Å². The number of halogens is 1. The van der Waals surface area contributed by atoms with Gasteiger partial charge in [-0.1, -0.05) is 0 Å². The topological polar surface area (TPSA) is 84.0 Å². The average Bonchev–Trinajstić information content (AvgIpc) is 2.59. The monoisotopic (exact) mass is 382 g/mol. The highest BCUT2D eigenvalue weighted by Crippen LogP contribution is 2.11. The summed E-state index contributed by atoms with van der Waals surface area (Å²) >= 11 is 0. The Morgan fingerprint density at radius 3 is 2.30 bits per heavy atom. The number of hydrogen-bond acceptors (Lipinski definition) is 4. The molecule has 0 bridgehead atoms. The van der Waals surface area contributed by atoms with Gasteiger partial charge >= 0.3 is 6.09 Å². The second-order valence-corrected chi connectivity index (χ2v) is 6.86. The van der Waals surface area contributed by atoms with E-state index >= 15 is 0 Å². The van der Waals surface area contributed by atoms with Crippen LogP contribution in [0.5, 0.6) is 5.75 Å². The first kappa shape index (κ1) is 22.5. The van der Waals surface area contributed by atoms with Crippen LogP contribution in [0.25, 0.3) is 0 Å². The summed E-state index contributed by atoms with van der Waals surface area (Å²) < 4.78 is 23.5. The Bertz CT molecular complexity index is 586. The second-order valence-electron chi connectivity index (χ2n) is 6.86. The normalized spacial score (nSPS) is 11.7. The lowest BCUT2D eigenvalue weighted by Crippen LogP contribution is -2.42. The largest absolute Gasteiger partial charge is 0.494 e. The fraction of sp³-hybridized carbons (Fsp3) is 0.579. The third-order valence-electron chi connectivity index (χ3n) is 3.26. The van der Waals surface area contributed by atoms with Crippen LogP contribution in [0.4, 0.5) is 9.18 Å². The molecule has 27 heavy (non-hydrogen) atoms. The predicted molar refractivity (Wildman–Crippen MR) is 105 cm³/mol. The number of hydrogen-bond donors (Lipinski definition) is 3. The van der Waals surface area contributed by atoms with Crippen molar-refractivity contribution in [3.8, 4) is 5.75 Å². The summed E-state index contributed by atoms with van der Waals surface area (Å²) in [5.41, 5.74) is -0.504. The van der Waals surface area contributed by atoms with Crippen LogP contribution < -0.4 is 20.7 Å². The van der Waals surface area contributed by atoms with Crippen LogP contribution in [0, 0.1) is 5.82 Å². The third-order valence-corrected chi connectivity index (χ3v) is 3.26. The number of unbranched alkanes of at least 4 members (excludes halogenated alkanes) is 1. The maximum absolute atomic E-state index is 12.8. The highest BCUT2D eigenvalue weighted by molar-refractivity contribution is 5.79. The molecule has 7 nitrogen and oxygen atoms in total. The van der Waals surface area contributed by atoms with Crippen LogP contribution in [0.1, 0.15) is 33.6 Å². The molecule has 0 heterocycles. The smallest absolute Gasteiger partial charge is 0.407 e. The predicted octanol–water partition coefficient (Wildman–Crippen LogP) is 2.67. The molecular formula is C19H31FN4O3. The zero-order chi connectivity index (χ0) is 20.1. The van der Waals surface area contributed by atoms with Gasteiger partial charge in [-0.25, -0.2) is 9.18 Å². The van der Waals surface area contributed by atoms with Crippen LogP contribution in [0.15, 0.2) is 29.3 Å². The lowest BCUT2D eigenvalue weighted by molar-refractivity contribution is 0.0529. The number of guanidine groups is 1. The molecular weight excluding hydrogens is 351 g/mol. The summed E-state index contributed by atoms with van der Waals surface area (Å²) in [5, 5.41) is 8.98. The van der Waals surface area contributed by atoms with Crippen LogP contribution in [0.3, 0.4) is 0 Å². The second kappa shape index (κ2) is 12.0. The van der Waals surface area contributed by atoms with E-state index in [-0.39, 0.29) is 5.82 Å². The number of carbonyl (C=O) groups excluding carboxylic acids is 1. The van der Waals surface area contributed by atoms with Crippen molar-refractivity contribution in [3.63, 3.8) is 0 Å². The van der Waals surface area contributed by atoms with Gasteiger partial charge < -0.3 is 25.4 Å².